The van der Waals surface area contributed by atoms with E-state index < -0.39 is 21.4 Å². The van der Waals surface area contributed by atoms with Crippen LogP contribution in [0.25, 0.3) is 0 Å². The number of aliphatic hydroxyl groups is 1. The second kappa shape index (κ2) is 18.5. The van der Waals surface area contributed by atoms with E-state index in [1.165, 1.54) is 0 Å². The Morgan fingerprint density at radius 3 is 2.35 bits per heavy atom. The van der Waals surface area contributed by atoms with Crippen molar-refractivity contribution in [3.63, 3.8) is 0 Å². The maximum absolute atomic E-state index is 13.5. The molecule has 2 unspecified atom stereocenters. The standard InChI is InChI=1S/C41H66O7S/c1-11-27(2)22-38-32(7)36(26-49(44,45)35-17-13-12-14-18-35)39(48-38)25-29(4)31(6)28(3)23-33(42)19-20-37-30(5)24-34(47-37)16-15-21-46-40(43)41(8,9)10/h12-14,17-18,27-29,32-34,36-39,42H,5-6,11,15-16,19-26H2,1-4,7-10H3/t27-,28-,29-,32-,33-,34?,36-,37?,38-,39+/m1/s1. The molecule has 10 atom stereocenters. The minimum Gasteiger partial charge on any atom is -0.465 e. The van der Waals surface area contributed by atoms with Crippen LogP contribution in [0.3, 0.4) is 0 Å². The Bertz CT molecular complexity index is 1320. The van der Waals surface area contributed by atoms with Gasteiger partial charge in [0.2, 0.25) is 0 Å². The SMILES string of the molecule is C=C1CC(CCCOC(=O)C(C)(C)C)OC1CC[C@@H](O)C[C@@H](C)C(=C)[C@H](C)C[C@@H]1O[C@H](C[C@H](C)CC)[C@H](C)[C@H]1CS(=O)(=O)c1ccccc1. The van der Waals surface area contributed by atoms with Gasteiger partial charge in [-0.15, -0.1) is 0 Å². The van der Waals surface area contributed by atoms with Crippen LogP contribution in [0.1, 0.15) is 113 Å². The molecule has 1 N–H and O–H groups in total. The lowest BCUT2D eigenvalue weighted by atomic mass is 9.80. The molecule has 3 rings (SSSR count). The number of allylic oxidation sites excluding steroid dienone is 1. The topological polar surface area (TPSA) is 99.1 Å². The largest absolute Gasteiger partial charge is 0.465 e. The number of carbonyl (C=O) groups excluding carboxylic acids is 1. The molecule has 8 heteroatoms. The number of ether oxygens (including phenoxy) is 3. The molecule has 2 aliphatic heterocycles. The highest BCUT2D eigenvalue weighted by Crippen LogP contribution is 2.42. The number of hydrogen-bond acceptors (Lipinski definition) is 7. The van der Waals surface area contributed by atoms with Crippen molar-refractivity contribution in [1.82, 2.24) is 0 Å². The third-order valence-electron chi connectivity index (χ3n) is 11.0. The molecule has 49 heavy (non-hydrogen) atoms. The molecule has 1 aromatic rings. The first-order valence-corrected chi connectivity index (χ1v) is 20.4. The summed E-state index contributed by atoms with van der Waals surface area (Å²) in [6.45, 7) is 25.5. The minimum absolute atomic E-state index is 0.0359. The quantitative estimate of drug-likeness (QED) is 0.0875. The van der Waals surface area contributed by atoms with Crippen LogP contribution in [-0.2, 0) is 28.8 Å². The zero-order valence-corrected chi connectivity index (χ0v) is 32.5. The second-order valence-electron chi connectivity index (χ2n) is 16.3. The summed E-state index contributed by atoms with van der Waals surface area (Å²) in [6, 6.07) is 8.75. The number of sulfone groups is 1. The molecule has 2 aliphatic rings. The van der Waals surface area contributed by atoms with Gasteiger partial charge in [-0.05, 0) is 114 Å². The van der Waals surface area contributed by atoms with Crippen molar-refractivity contribution in [3.8, 4) is 0 Å². The van der Waals surface area contributed by atoms with Crippen LogP contribution in [0, 0.1) is 35.0 Å². The van der Waals surface area contributed by atoms with Crippen molar-refractivity contribution in [2.24, 2.45) is 35.0 Å². The molecule has 0 aromatic heterocycles. The molecule has 2 saturated heterocycles. The van der Waals surface area contributed by atoms with Crippen molar-refractivity contribution in [1.29, 1.82) is 0 Å². The van der Waals surface area contributed by atoms with Crippen molar-refractivity contribution in [2.45, 2.75) is 149 Å². The molecular formula is C41H66O7S. The molecule has 0 amide bonds. The molecule has 0 saturated carbocycles. The van der Waals surface area contributed by atoms with E-state index in [2.05, 4.69) is 47.8 Å². The highest BCUT2D eigenvalue weighted by Gasteiger charge is 2.44. The second-order valence-corrected chi connectivity index (χ2v) is 18.3. The third kappa shape index (κ3) is 12.3. The summed E-state index contributed by atoms with van der Waals surface area (Å²) in [5, 5.41) is 11.0. The normalized spacial score (nSPS) is 27.1. The number of benzene rings is 1. The van der Waals surface area contributed by atoms with Gasteiger partial charge in [-0.25, -0.2) is 8.42 Å². The molecule has 0 spiro atoms. The van der Waals surface area contributed by atoms with E-state index in [-0.39, 0.29) is 59.8 Å². The number of aliphatic hydroxyl groups excluding tert-OH is 1. The lowest BCUT2D eigenvalue weighted by Gasteiger charge is -2.28. The highest BCUT2D eigenvalue weighted by atomic mass is 32.2. The fourth-order valence-corrected chi connectivity index (χ4v) is 9.09. The highest BCUT2D eigenvalue weighted by molar-refractivity contribution is 7.91. The summed E-state index contributed by atoms with van der Waals surface area (Å²) < 4.78 is 45.3. The van der Waals surface area contributed by atoms with Crippen LogP contribution >= 0.6 is 0 Å². The van der Waals surface area contributed by atoms with Crippen LogP contribution < -0.4 is 0 Å². The summed E-state index contributed by atoms with van der Waals surface area (Å²) in [6.07, 6.45) is 6.38. The zero-order valence-electron chi connectivity index (χ0n) is 31.7. The van der Waals surface area contributed by atoms with E-state index in [0.717, 1.165) is 43.3 Å². The smallest absolute Gasteiger partial charge is 0.311 e. The average molecular weight is 703 g/mol. The Morgan fingerprint density at radius 2 is 1.71 bits per heavy atom. The fourth-order valence-electron chi connectivity index (χ4n) is 7.31. The van der Waals surface area contributed by atoms with Gasteiger partial charge in [0.05, 0.1) is 53.2 Å². The molecule has 0 radical (unpaired) electrons. The first kappa shape index (κ1) is 41.4. The molecule has 2 heterocycles. The Hall–Kier alpha value is -2.00. The van der Waals surface area contributed by atoms with Gasteiger partial charge in [0, 0.05) is 5.92 Å². The third-order valence-corrected chi connectivity index (χ3v) is 12.8. The Labute approximate surface area is 298 Å². The average Bonchev–Trinajstić information content (AvgIpc) is 3.54. The summed E-state index contributed by atoms with van der Waals surface area (Å²) >= 11 is 0. The molecule has 278 valence electrons. The van der Waals surface area contributed by atoms with E-state index in [1.54, 1.807) is 24.3 Å². The number of hydrogen-bond donors (Lipinski definition) is 1. The molecule has 0 bridgehead atoms. The Kier molecular flexibility index (Phi) is 15.6. The van der Waals surface area contributed by atoms with Crippen LogP contribution in [0.2, 0.25) is 0 Å². The van der Waals surface area contributed by atoms with E-state index in [0.29, 0.717) is 43.1 Å². The van der Waals surface area contributed by atoms with Crippen LogP contribution in [0.5, 0.6) is 0 Å². The molecule has 1 aromatic carbocycles. The lowest BCUT2D eigenvalue weighted by Crippen LogP contribution is -2.30. The van der Waals surface area contributed by atoms with Gasteiger partial charge in [-0.2, -0.15) is 0 Å². The van der Waals surface area contributed by atoms with E-state index in [4.69, 9.17) is 14.2 Å². The predicted octanol–water partition coefficient (Wildman–Crippen LogP) is 8.75. The fraction of sp³-hybridized carbons (Fsp3) is 0.732. The van der Waals surface area contributed by atoms with Gasteiger partial charge in [-0.3, -0.25) is 4.79 Å². The van der Waals surface area contributed by atoms with Gasteiger partial charge in [0.25, 0.3) is 0 Å². The van der Waals surface area contributed by atoms with Crippen molar-refractivity contribution < 1.29 is 32.5 Å². The molecule has 2 fully saturated rings. The van der Waals surface area contributed by atoms with Gasteiger partial charge >= 0.3 is 5.97 Å². The minimum atomic E-state index is -3.46. The molecule has 0 aliphatic carbocycles. The van der Waals surface area contributed by atoms with Gasteiger partial charge in [-0.1, -0.05) is 78.0 Å². The number of rotatable bonds is 19. The van der Waals surface area contributed by atoms with E-state index >= 15 is 0 Å². The first-order valence-electron chi connectivity index (χ1n) is 18.7. The zero-order chi connectivity index (χ0) is 36.5. The van der Waals surface area contributed by atoms with E-state index in [1.807, 2.05) is 26.8 Å². The molecular weight excluding hydrogens is 637 g/mol. The van der Waals surface area contributed by atoms with Crippen LogP contribution in [0.4, 0.5) is 0 Å². The van der Waals surface area contributed by atoms with Gasteiger partial charge in [0.15, 0.2) is 9.84 Å². The number of esters is 1. The van der Waals surface area contributed by atoms with E-state index in [9.17, 15) is 18.3 Å². The summed E-state index contributed by atoms with van der Waals surface area (Å²) in [7, 11) is -3.46. The predicted molar refractivity (Wildman–Crippen MR) is 198 cm³/mol. The first-order chi connectivity index (χ1) is 22.9. The summed E-state index contributed by atoms with van der Waals surface area (Å²) in [4.78, 5) is 12.4. The summed E-state index contributed by atoms with van der Waals surface area (Å²) in [5.74, 6) is 0.648. The number of carbonyl (C=O) groups is 1. The Morgan fingerprint density at radius 1 is 1.04 bits per heavy atom. The van der Waals surface area contributed by atoms with Crippen LogP contribution in [-0.4, -0.2) is 62.4 Å². The van der Waals surface area contributed by atoms with Crippen molar-refractivity contribution in [3.05, 3.63) is 54.6 Å². The molecule has 7 nitrogen and oxygen atoms in total. The monoisotopic (exact) mass is 702 g/mol. The van der Waals surface area contributed by atoms with Crippen molar-refractivity contribution >= 4 is 15.8 Å². The van der Waals surface area contributed by atoms with Gasteiger partial charge in [0.1, 0.15) is 0 Å². The van der Waals surface area contributed by atoms with Gasteiger partial charge < -0.3 is 19.3 Å². The van der Waals surface area contributed by atoms with Crippen LogP contribution in [0.15, 0.2) is 59.5 Å². The maximum Gasteiger partial charge on any atom is 0.311 e. The van der Waals surface area contributed by atoms with Crippen molar-refractivity contribution in [2.75, 3.05) is 12.4 Å². The maximum atomic E-state index is 13.5. The summed E-state index contributed by atoms with van der Waals surface area (Å²) in [5.41, 5.74) is 1.64. The Balaban J connectivity index is 1.50. The lowest BCUT2D eigenvalue weighted by molar-refractivity contribution is -0.153.